The number of nitrogen functional groups attached to an aromatic ring is 1. The molecule has 22 nitrogen and oxygen atoms in total. The molecule has 5 heterocycles. The number of fused-ring (bicyclic) bond motifs is 2. The molecule has 1 amide bonds. The summed E-state index contributed by atoms with van der Waals surface area (Å²) < 4.78 is 66.5. The summed E-state index contributed by atoms with van der Waals surface area (Å²) in [6, 6.07) is 1.75. The number of H-pyrrole nitrogens is 1. The molecule has 2 saturated heterocycles. The van der Waals surface area contributed by atoms with Crippen LogP contribution in [0.2, 0.25) is 0 Å². The fourth-order valence-electron chi connectivity index (χ4n) is 4.40. The third-order valence-corrected chi connectivity index (χ3v) is 10.2. The Balaban J connectivity index is 1.35. The molecule has 5 N–H and O–H groups in total. The van der Waals surface area contributed by atoms with Crippen molar-refractivity contribution in [1.82, 2.24) is 34.6 Å². The minimum Gasteiger partial charge on any atom is -0.756 e. The van der Waals surface area contributed by atoms with Gasteiger partial charge in [-0.2, -0.15) is 5.10 Å². The second-order valence-electron chi connectivity index (χ2n) is 9.32. The fraction of sp³-hybridized carbons (Fsp3) is 0.500. The minimum atomic E-state index is -6.14. The van der Waals surface area contributed by atoms with E-state index >= 15 is 0 Å². The SMILES string of the molecule is Cc1cc(CNC(=O)[C@@H]2OC3C(COP(=O)([O-])OP(=O)([O-])OP(=O)([O-])O)OC(n4cnc5c(=S)nc(N)[nH]c54)C3O2)nn1C. The molecule has 242 valence electrons. The minimum absolute atomic E-state index is 0.0265. The number of phosphoric ester groups is 1. The van der Waals surface area contributed by atoms with E-state index in [1.54, 1.807) is 17.8 Å². The van der Waals surface area contributed by atoms with E-state index in [1.807, 2.05) is 6.92 Å². The molecule has 8 atom stereocenters. The lowest BCUT2D eigenvalue weighted by atomic mass is 10.1. The second kappa shape index (κ2) is 12.0. The van der Waals surface area contributed by atoms with Crippen molar-refractivity contribution >= 4 is 58.7 Å². The van der Waals surface area contributed by atoms with Crippen molar-refractivity contribution in [3.05, 3.63) is 28.4 Å². The molecule has 26 heteroatoms. The molecule has 2 fully saturated rings. The third-order valence-electron chi connectivity index (χ3n) is 6.21. The lowest BCUT2D eigenvalue weighted by molar-refractivity contribution is -0.250. The molecule has 0 aromatic carbocycles. The van der Waals surface area contributed by atoms with E-state index in [4.69, 9.17) is 37.1 Å². The van der Waals surface area contributed by atoms with Gasteiger partial charge in [0.25, 0.3) is 29.4 Å². The third kappa shape index (κ3) is 7.33. The van der Waals surface area contributed by atoms with Gasteiger partial charge in [0.1, 0.15) is 29.5 Å². The van der Waals surface area contributed by atoms with Gasteiger partial charge in [-0.15, -0.1) is 0 Å². The van der Waals surface area contributed by atoms with Gasteiger partial charge < -0.3 is 54.3 Å². The van der Waals surface area contributed by atoms with Gasteiger partial charge in [0.15, 0.2) is 16.8 Å². The van der Waals surface area contributed by atoms with Gasteiger partial charge in [-0.1, -0.05) is 12.2 Å². The summed E-state index contributed by atoms with van der Waals surface area (Å²) in [5.41, 5.74) is 7.62. The van der Waals surface area contributed by atoms with Crippen molar-refractivity contribution in [3.8, 4) is 0 Å². The lowest BCUT2D eigenvalue weighted by Gasteiger charge is -2.33. The molecule has 7 unspecified atom stereocenters. The topological polar surface area (TPSA) is 315 Å². The predicted octanol–water partition coefficient (Wildman–Crippen LogP) is -2.12. The van der Waals surface area contributed by atoms with E-state index in [0.717, 1.165) is 5.69 Å². The Kier molecular flexibility index (Phi) is 9.01. The van der Waals surface area contributed by atoms with Gasteiger partial charge in [0.2, 0.25) is 6.29 Å². The summed E-state index contributed by atoms with van der Waals surface area (Å²) in [6.45, 7) is 0.868. The average molecular weight is 699 g/mol. The highest BCUT2D eigenvalue weighted by atomic mass is 32.1. The van der Waals surface area contributed by atoms with Crippen LogP contribution in [0, 0.1) is 11.6 Å². The first kappa shape index (κ1) is 32.9. The molecule has 0 spiro atoms. The molecule has 44 heavy (non-hydrogen) atoms. The Bertz CT molecular complexity index is 1770. The highest BCUT2D eigenvalue weighted by Crippen LogP contribution is 2.61. The van der Waals surface area contributed by atoms with E-state index in [-0.39, 0.29) is 28.3 Å². The van der Waals surface area contributed by atoms with Crippen LogP contribution in [0.1, 0.15) is 17.6 Å². The van der Waals surface area contributed by atoms with Crippen LogP contribution in [-0.2, 0) is 59.4 Å². The zero-order valence-electron chi connectivity index (χ0n) is 22.3. The Morgan fingerprint density at radius 3 is 2.57 bits per heavy atom. The zero-order chi connectivity index (χ0) is 32.2. The van der Waals surface area contributed by atoms with Crippen molar-refractivity contribution in [1.29, 1.82) is 0 Å². The van der Waals surface area contributed by atoms with Crippen LogP contribution in [0.15, 0.2) is 12.4 Å². The van der Waals surface area contributed by atoms with Gasteiger partial charge in [0.05, 0.1) is 25.2 Å². The number of phosphoric acid groups is 3. The Labute approximate surface area is 250 Å². The summed E-state index contributed by atoms with van der Waals surface area (Å²) in [5, 5.41) is 6.86. The number of aryl methyl sites for hydroxylation is 2. The average Bonchev–Trinajstić information content (AvgIpc) is 3.63. The normalized spacial score (nSPS) is 27.5. The van der Waals surface area contributed by atoms with E-state index < -0.39 is 66.8 Å². The van der Waals surface area contributed by atoms with Gasteiger partial charge in [0, 0.05) is 12.7 Å². The maximum Gasteiger partial charge on any atom is 0.280 e. The van der Waals surface area contributed by atoms with Crippen LogP contribution >= 0.6 is 35.7 Å². The van der Waals surface area contributed by atoms with Gasteiger partial charge in [-0.3, -0.25) is 27.7 Å². The molecular formula is C18H22N8O14P3S-3. The molecule has 3 aromatic rings. The largest absolute Gasteiger partial charge is 0.756 e. The number of hydrogen-bond acceptors (Lipinski definition) is 18. The van der Waals surface area contributed by atoms with Crippen LogP contribution in [0.5, 0.6) is 0 Å². The second-order valence-corrected chi connectivity index (χ2v) is 14.0. The van der Waals surface area contributed by atoms with E-state index in [2.05, 4.69) is 38.5 Å². The number of aromatic amines is 1. The summed E-state index contributed by atoms with van der Waals surface area (Å²) in [4.78, 5) is 66.8. The quantitative estimate of drug-likeness (QED) is 0.123. The number of nitrogens with zero attached hydrogens (tertiary/aromatic N) is 5. The number of hydrogen-bond donors (Lipinski definition) is 4. The van der Waals surface area contributed by atoms with Crippen molar-refractivity contribution in [3.63, 3.8) is 0 Å². The van der Waals surface area contributed by atoms with Crippen molar-refractivity contribution < 1.29 is 65.4 Å². The molecular weight excluding hydrogens is 677 g/mol. The number of carbonyl (C=O) groups excluding carboxylic acids is 1. The molecule has 0 bridgehead atoms. The van der Waals surface area contributed by atoms with Crippen molar-refractivity contribution in [2.75, 3.05) is 12.3 Å². The molecule has 0 saturated carbocycles. The maximum absolute atomic E-state index is 12.9. The van der Waals surface area contributed by atoms with Crippen LogP contribution in [0.25, 0.3) is 11.2 Å². The van der Waals surface area contributed by atoms with Crippen LogP contribution in [0.4, 0.5) is 5.95 Å². The summed E-state index contributed by atoms with van der Waals surface area (Å²) in [6.07, 6.45) is -5.11. The van der Waals surface area contributed by atoms with E-state index in [9.17, 15) is 33.2 Å². The standard InChI is InChI=1S/C18H25N8O14P3S/c1-7-3-8(24-25(7)2)4-20-14(27)17-37-11-9(5-35-42(31,32)40-43(33,34)39-41(28,29)30)36-16(12(11)38-17)26-6-21-10-13(26)22-18(19)23-15(10)44/h3,6,9,11-12,16-17H,4-5H2,1-2H3,(H,20,27)(H,31,32)(H,33,34)(H2,28,29,30)(H3,19,22,23,44)/p-3/t9?,11?,12?,16?,17-/m1/s1. The number of imidazole rings is 1. The molecule has 5 rings (SSSR count). The van der Waals surface area contributed by atoms with Gasteiger partial charge >= 0.3 is 0 Å². The number of anilines is 1. The summed E-state index contributed by atoms with van der Waals surface area (Å²) >= 11 is 5.18. The molecule has 2 aliphatic heterocycles. The number of carbonyl (C=O) groups is 1. The van der Waals surface area contributed by atoms with Crippen LogP contribution < -0.4 is 25.7 Å². The fourth-order valence-corrected chi connectivity index (χ4v) is 7.54. The number of amides is 1. The van der Waals surface area contributed by atoms with E-state index in [0.29, 0.717) is 5.69 Å². The number of ether oxygens (including phenoxy) is 3. The van der Waals surface area contributed by atoms with Crippen molar-refractivity contribution in [2.45, 2.75) is 44.3 Å². The number of nitrogens with one attached hydrogen (secondary N) is 2. The smallest absolute Gasteiger partial charge is 0.280 e. The first-order valence-corrected chi connectivity index (χ1v) is 16.9. The zero-order valence-corrected chi connectivity index (χ0v) is 25.8. The number of aromatic nitrogens is 6. The summed E-state index contributed by atoms with van der Waals surface area (Å²) in [5.74, 6) is -0.777. The molecule has 2 aliphatic rings. The molecule has 0 aliphatic carbocycles. The summed E-state index contributed by atoms with van der Waals surface area (Å²) in [7, 11) is -16.2. The predicted molar refractivity (Wildman–Crippen MR) is 138 cm³/mol. The monoisotopic (exact) mass is 699 g/mol. The highest BCUT2D eigenvalue weighted by molar-refractivity contribution is 7.71. The lowest BCUT2D eigenvalue weighted by Crippen LogP contribution is -2.37. The highest BCUT2D eigenvalue weighted by Gasteiger charge is 2.55. The van der Waals surface area contributed by atoms with E-state index in [1.165, 1.54) is 10.9 Å². The van der Waals surface area contributed by atoms with Crippen LogP contribution in [0.3, 0.4) is 0 Å². The van der Waals surface area contributed by atoms with Gasteiger partial charge in [-0.05, 0) is 13.0 Å². The Hall–Kier alpha value is -2.46. The first-order chi connectivity index (χ1) is 20.4. The first-order valence-electron chi connectivity index (χ1n) is 12.1. The molecule has 3 aromatic heterocycles. The maximum atomic E-state index is 12.9. The van der Waals surface area contributed by atoms with Crippen molar-refractivity contribution in [2.24, 2.45) is 7.05 Å². The Morgan fingerprint density at radius 2 is 1.91 bits per heavy atom. The molecule has 0 radical (unpaired) electrons. The Morgan fingerprint density at radius 1 is 1.20 bits per heavy atom. The van der Waals surface area contributed by atoms with Crippen LogP contribution in [-0.4, -0.2) is 71.3 Å². The number of rotatable bonds is 11. The number of nitrogens with two attached hydrogens (primary N) is 1. The van der Waals surface area contributed by atoms with Gasteiger partial charge in [-0.25, -0.2) is 18.6 Å².